The fraction of sp³-hybridized carbons (Fsp3) is 0.333. The summed E-state index contributed by atoms with van der Waals surface area (Å²) in [7, 11) is 0. The molecule has 4 nitrogen and oxygen atoms in total. The number of benzene rings is 1. The molecule has 1 aromatic rings. The molecular formula is C12H14BrN3O. The number of halogens is 1. The SMILES string of the molecule is CC(C)N(CC(N)=O)c1cc(Br)ccc1C#N. The van der Waals surface area contributed by atoms with Crippen molar-refractivity contribution in [2.24, 2.45) is 5.73 Å². The maximum Gasteiger partial charge on any atom is 0.236 e. The summed E-state index contributed by atoms with van der Waals surface area (Å²) in [5, 5.41) is 9.07. The minimum atomic E-state index is -0.414. The fourth-order valence-electron chi connectivity index (χ4n) is 1.55. The molecule has 1 rings (SSSR count). The third kappa shape index (κ3) is 3.46. The second kappa shape index (κ2) is 5.69. The van der Waals surface area contributed by atoms with Gasteiger partial charge < -0.3 is 10.6 Å². The van der Waals surface area contributed by atoms with Gasteiger partial charge in [0.1, 0.15) is 6.07 Å². The first-order valence-electron chi connectivity index (χ1n) is 5.20. The molecule has 90 valence electrons. The highest BCUT2D eigenvalue weighted by atomic mass is 79.9. The van der Waals surface area contributed by atoms with Gasteiger partial charge >= 0.3 is 0 Å². The number of hydrogen-bond acceptors (Lipinski definition) is 3. The lowest BCUT2D eigenvalue weighted by Crippen LogP contribution is -2.39. The molecule has 0 aliphatic heterocycles. The smallest absolute Gasteiger partial charge is 0.236 e. The van der Waals surface area contributed by atoms with Crippen LogP contribution < -0.4 is 10.6 Å². The lowest BCUT2D eigenvalue weighted by atomic mass is 10.1. The molecule has 0 bridgehead atoms. The van der Waals surface area contributed by atoms with Crippen molar-refractivity contribution in [3.8, 4) is 6.07 Å². The van der Waals surface area contributed by atoms with Gasteiger partial charge in [-0.25, -0.2) is 0 Å². The van der Waals surface area contributed by atoms with E-state index in [1.807, 2.05) is 24.8 Å². The molecule has 0 radical (unpaired) electrons. The number of hydrogen-bond donors (Lipinski definition) is 1. The predicted molar refractivity (Wildman–Crippen MR) is 70.5 cm³/mol. The van der Waals surface area contributed by atoms with Gasteiger partial charge in [-0.1, -0.05) is 15.9 Å². The van der Waals surface area contributed by atoms with E-state index in [-0.39, 0.29) is 12.6 Å². The van der Waals surface area contributed by atoms with Gasteiger partial charge in [-0.3, -0.25) is 4.79 Å². The van der Waals surface area contributed by atoms with E-state index in [0.717, 1.165) is 10.2 Å². The zero-order valence-corrected chi connectivity index (χ0v) is 11.4. The molecule has 0 atom stereocenters. The minimum absolute atomic E-state index is 0.0869. The first-order valence-corrected chi connectivity index (χ1v) is 5.99. The van der Waals surface area contributed by atoms with Crippen LogP contribution in [0.1, 0.15) is 19.4 Å². The highest BCUT2D eigenvalue weighted by Gasteiger charge is 2.16. The van der Waals surface area contributed by atoms with E-state index in [0.29, 0.717) is 5.56 Å². The van der Waals surface area contributed by atoms with Gasteiger partial charge in [-0.2, -0.15) is 5.26 Å². The second-order valence-corrected chi connectivity index (χ2v) is 4.88. The Morgan fingerprint density at radius 2 is 2.24 bits per heavy atom. The van der Waals surface area contributed by atoms with Crippen LogP contribution in [0.3, 0.4) is 0 Å². The topological polar surface area (TPSA) is 70.1 Å². The summed E-state index contributed by atoms with van der Waals surface area (Å²) in [6, 6.07) is 7.54. The van der Waals surface area contributed by atoms with Crippen LogP contribution in [-0.2, 0) is 4.79 Å². The summed E-state index contributed by atoms with van der Waals surface area (Å²) < 4.78 is 0.863. The summed E-state index contributed by atoms with van der Waals surface area (Å²) in [6.07, 6.45) is 0. The maximum absolute atomic E-state index is 11.1. The van der Waals surface area contributed by atoms with E-state index in [4.69, 9.17) is 11.0 Å². The molecule has 0 spiro atoms. The number of rotatable bonds is 4. The van der Waals surface area contributed by atoms with Crippen molar-refractivity contribution in [2.75, 3.05) is 11.4 Å². The van der Waals surface area contributed by atoms with E-state index in [2.05, 4.69) is 22.0 Å². The van der Waals surface area contributed by atoms with Crippen molar-refractivity contribution in [2.45, 2.75) is 19.9 Å². The monoisotopic (exact) mass is 295 g/mol. The van der Waals surface area contributed by atoms with Crippen molar-refractivity contribution in [1.82, 2.24) is 0 Å². The summed E-state index contributed by atoms with van der Waals surface area (Å²) >= 11 is 3.36. The number of primary amides is 1. The van der Waals surface area contributed by atoms with Crippen molar-refractivity contribution >= 4 is 27.5 Å². The molecule has 0 unspecified atom stereocenters. The average molecular weight is 296 g/mol. The Kier molecular flexibility index (Phi) is 4.53. The van der Waals surface area contributed by atoms with Crippen molar-refractivity contribution in [1.29, 1.82) is 5.26 Å². The Labute approximate surface area is 109 Å². The Morgan fingerprint density at radius 1 is 1.59 bits per heavy atom. The van der Waals surface area contributed by atoms with Crippen LogP contribution in [0.15, 0.2) is 22.7 Å². The van der Waals surface area contributed by atoms with Gasteiger partial charge in [0.05, 0.1) is 17.8 Å². The normalized spacial score (nSPS) is 10.1. The number of amides is 1. The van der Waals surface area contributed by atoms with E-state index in [1.165, 1.54) is 0 Å². The molecule has 17 heavy (non-hydrogen) atoms. The van der Waals surface area contributed by atoms with Crippen LogP contribution in [0.4, 0.5) is 5.69 Å². The summed E-state index contributed by atoms with van der Waals surface area (Å²) in [6.45, 7) is 4.00. The second-order valence-electron chi connectivity index (χ2n) is 3.96. The fourth-order valence-corrected chi connectivity index (χ4v) is 1.90. The standard InChI is InChI=1S/C12H14BrN3O/c1-8(2)16(7-12(15)17)11-5-10(13)4-3-9(11)6-14/h3-5,8H,7H2,1-2H3,(H2,15,17). The predicted octanol–water partition coefficient (Wildman–Crippen LogP) is 2.02. The average Bonchev–Trinajstić information content (AvgIpc) is 2.25. The van der Waals surface area contributed by atoms with Gasteiger partial charge in [0, 0.05) is 10.5 Å². The van der Waals surface area contributed by atoms with Crippen LogP contribution in [0.25, 0.3) is 0 Å². The largest absolute Gasteiger partial charge is 0.368 e. The van der Waals surface area contributed by atoms with Crippen LogP contribution in [0.5, 0.6) is 0 Å². The minimum Gasteiger partial charge on any atom is -0.368 e. The van der Waals surface area contributed by atoms with Crippen molar-refractivity contribution in [3.63, 3.8) is 0 Å². The van der Waals surface area contributed by atoms with Gasteiger partial charge in [0.2, 0.25) is 5.91 Å². The van der Waals surface area contributed by atoms with Gasteiger partial charge in [-0.15, -0.1) is 0 Å². The van der Waals surface area contributed by atoms with E-state index in [1.54, 1.807) is 12.1 Å². The third-order valence-corrected chi connectivity index (χ3v) is 2.83. The van der Waals surface area contributed by atoms with E-state index < -0.39 is 5.91 Å². The Hall–Kier alpha value is -1.54. The highest BCUT2D eigenvalue weighted by molar-refractivity contribution is 9.10. The van der Waals surface area contributed by atoms with Crippen LogP contribution in [0, 0.1) is 11.3 Å². The van der Waals surface area contributed by atoms with Gasteiger partial charge in [0.15, 0.2) is 0 Å². The number of nitriles is 1. The zero-order valence-electron chi connectivity index (χ0n) is 9.77. The van der Waals surface area contributed by atoms with Crippen LogP contribution in [0.2, 0.25) is 0 Å². The first-order chi connectivity index (χ1) is 7.95. The molecule has 0 saturated heterocycles. The van der Waals surface area contributed by atoms with Crippen molar-refractivity contribution in [3.05, 3.63) is 28.2 Å². The Bertz CT molecular complexity index is 465. The molecule has 2 N–H and O–H groups in total. The molecule has 5 heteroatoms. The summed E-state index contributed by atoms with van der Waals surface area (Å²) in [5.74, 6) is -0.414. The Balaban J connectivity index is 3.22. The van der Waals surface area contributed by atoms with E-state index >= 15 is 0 Å². The molecule has 0 aromatic heterocycles. The van der Waals surface area contributed by atoms with Gasteiger partial charge in [-0.05, 0) is 32.0 Å². The Morgan fingerprint density at radius 3 is 2.71 bits per heavy atom. The highest BCUT2D eigenvalue weighted by Crippen LogP contribution is 2.26. The van der Waals surface area contributed by atoms with E-state index in [9.17, 15) is 4.79 Å². The lowest BCUT2D eigenvalue weighted by Gasteiger charge is -2.28. The number of nitrogens with two attached hydrogens (primary N) is 1. The summed E-state index contributed by atoms with van der Waals surface area (Å²) in [4.78, 5) is 12.9. The number of nitrogens with zero attached hydrogens (tertiary/aromatic N) is 2. The molecule has 0 saturated carbocycles. The lowest BCUT2D eigenvalue weighted by molar-refractivity contribution is -0.116. The van der Waals surface area contributed by atoms with Crippen LogP contribution in [-0.4, -0.2) is 18.5 Å². The molecule has 1 amide bonds. The van der Waals surface area contributed by atoms with Gasteiger partial charge in [0.25, 0.3) is 0 Å². The summed E-state index contributed by atoms with van der Waals surface area (Å²) in [5.41, 5.74) is 6.47. The maximum atomic E-state index is 11.1. The van der Waals surface area contributed by atoms with Crippen LogP contribution >= 0.6 is 15.9 Å². The molecule has 0 aliphatic carbocycles. The van der Waals surface area contributed by atoms with Crippen molar-refractivity contribution < 1.29 is 4.79 Å². The zero-order chi connectivity index (χ0) is 13.0. The number of anilines is 1. The molecule has 0 fully saturated rings. The number of carbonyl (C=O) groups is 1. The third-order valence-electron chi connectivity index (χ3n) is 2.34. The quantitative estimate of drug-likeness (QED) is 0.924. The first kappa shape index (κ1) is 13.5. The molecule has 0 heterocycles. The number of carbonyl (C=O) groups excluding carboxylic acids is 1. The molecule has 0 aliphatic rings. The molecule has 1 aromatic carbocycles. The molecular weight excluding hydrogens is 282 g/mol.